The number of alkyl carbamates (subject to hydrolysis) is 1. The molecule has 242 valence electrons. The zero-order valence-corrected chi connectivity index (χ0v) is 26.0. The van der Waals surface area contributed by atoms with Crippen molar-refractivity contribution in [1.82, 2.24) is 24.8 Å². The normalized spacial score (nSPS) is 22.2. The molecule has 1 saturated carbocycles. The van der Waals surface area contributed by atoms with Crippen molar-refractivity contribution in [3.05, 3.63) is 46.6 Å². The van der Waals surface area contributed by atoms with Crippen molar-refractivity contribution in [3.63, 3.8) is 0 Å². The second-order valence-electron chi connectivity index (χ2n) is 12.6. The Morgan fingerprint density at radius 1 is 1.16 bits per heavy atom. The molecule has 1 aromatic carbocycles. The van der Waals surface area contributed by atoms with Gasteiger partial charge in [-0.05, 0) is 77.0 Å². The van der Waals surface area contributed by atoms with Gasteiger partial charge in [-0.25, -0.2) is 18.6 Å². The molecule has 2 aliphatic rings. The smallest absolute Gasteiger partial charge is 0.407 e. The van der Waals surface area contributed by atoms with Gasteiger partial charge in [-0.3, -0.25) is 4.57 Å². The SMILES string of the molecule is C[C@@H]1CN(c2cc(-n3c(C(F)F)nc4ccccc43)nc(NC[C@H]3CC[C@H](NC(=O)OC(C)(C)C)CC3)n2)C[C@H](CN=[N+]=[N-])O1. The molecule has 1 saturated heterocycles. The van der Waals surface area contributed by atoms with Gasteiger partial charge in [0.2, 0.25) is 5.95 Å². The average Bonchev–Trinajstić information content (AvgIpc) is 3.39. The number of carbonyl (C=O) groups excluding carboxylic acids is 1. The van der Waals surface area contributed by atoms with Crippen LogP contribution in [0.15, 0.2) is 35.4 Å². The van der Waals surface area contributed by atoms with Crippen LogP contribution in [0.25, 0.3) is 27.3 Å². The van der Waals surface area contributed by atoms with E-state index in [1.165, 1.54) is 4.57 Å². The van der Waals surface area contributed by atoms with E-state index in [0.717, 1.165) is 25.7 Å². The molecule has 15 heteroatoms. The fraction of sp³-hybridized carbons (Fsp3) is 0.600. The number of azide groups is 1. The molecule has 45 heavy (non-hydrogen) atoms. The lowest BCUT2D eigenvalue weighted by atomic mass is 9.86. The number of benzene rings is 1. The van der Waals surface area contributed by atoms with Crippen LogP contribution in [0, 0.1) is 5.92 Å². The van der Waals surface area contributed by atoms with Crippen LogP contribution in [0.4, 0.5) is 25.3 Å². The van der Waals surface area contributed by atoms with E-state index in [-0.39, 0.29) is 30.6 Å². The topological polar surface area (TPSA) is 155 Å². The third kappa shape index (κ3) is 8.28. The number of rotatable bonds is 9. The van der Waals surface area contributed by atoms with Crippen molar-refractivity contribution in [2.45, 2.75) is 83.7 Å². The molecule has 5 rings (SSSR count). The monoisotopic (exact) mass is 626 g/mol. The highest BCUT2D eigenvalue weighted by molar-refractivity contribution is 5.78. The maximum Gasteiger partial charge on any atom is 0.407 e. The van der Waals surface area contributed by atoms with Gasteiger partial charge in [0, 0.05) is 36.7 Å². The van der Waals surface area contributed by atoms with Gasteiger partial charge in [-0.2, -0.15) is 9.97 Å². The molecule has 3 heterocycles. The Kier molecular flexibility index (Phi) is 9.88. The Morgan fingerprint density at radius 3 is 2.60 bits per heavy atom. The number of hydrogen-bond acceptors (Lipinski definition) is 9. The van der Waals surface area contributed by atoms with Crippen LogP contribution >= 0.6 is 0 Å². The van der Waals surface area contributed by atoms with E-state index in [0.29, 0.717) is 48.4 Å². The predicted octanol–water partition coefficient (Wildman–Crippen LogP) is 6.15. The highest BCUT2D eigenvalue weighted by Crippen LogP contribution is 2.31. The lowest BCUT2D eigenvalue weighted by Crippen LogP contribution is -2.48. The fourth-order valence-corrected chi connectivity index (χ4v) is 5.89. The second kappa shape index (κ2) is 13.8. The summed E-state index contributed by atoms with van der Waals surface area (Å²) < 4.78 is 41.3. The van der Waals surface area contributed by atoms with Crippen LogP contribution in [-0.2, 0) is 9.47 Å². The van der Waals surface area contributed by atoms with E-state index < -0.39 is 23.9 Å². The minimum Gasteiger partial charge on any atom is -0.444 e. The number of nitrogens with one attached hydrogen (secondary N) is 2. The molecule has 0 spiro atoms. The summed E-state index contributed by atoms with van der Waals surface area (Å²) in [6.45, 7) is 9.07. The van der Waals surface area contributed by atoms with E-state index in [9.17, 15) is 13.6 Å². The zero-order valence-electron chi connectivity index (χ0n) is 26.0. The molecule has 2 atom stereocenters. The van der Waals surface area contributed by atoms with Gasteiger partial charge in [0.05, 0.1) is 29.8 Å². The number of hydrogen-bond donors (Lipinski definition) is 2. The fourth-order valence-electron chi connectivity index (χ4n) is 5.89. The molecule has 0 bridgehead atoms. The van der Waals surface area contributed by atoms with Gasteiger partial charge >= 0.3 is 6.09 Å². The van der Waals surface area contributed by atoms with Gasteiger partial charge in [-0.1, -0.05) is 17.2 Å². The number of morpholine rings is 1. The summed E-state index contributed by atoms with van der Waals surface area (Å²) in [4.78, 5) is 30.7. The Bertz CT molecular complexity index is 1530. The summed E-state index contributed by atoms with van der Waals surface area (Å²) in [6.07, 6.45) is -0.376. The van der Waals surface area contributed by atoms with Crippen LogP contribution in [-0.4, -0.2) is 75.6 Å². The summed E-state index contributed by atoms with van der Waals surface area (Å²) in [5.74, 6) is 1.01. The van der Waals surface area contributed by atoms with E-state index in [4.69, 9.17) is 25.0 Å². The van der Waals surface area contributed by atoms with Crippen molar-refractivity contribution in [2.75, 3.05) is 36.4 Å². The van der Waals surface area contributed by atoms with Crippen LogP contribution < -0.4 is 15.5 Å². The number of fused-ring (bicyclic) bond motifs is 1. The molecule has 3 aromatic rings. The molecule has 1 aliphatic heterocycles. The summed E-state index contributed by atoms with van der Waals surface area (Å²) in [5.41, 5.74) is 9.20. The highest BCUT2D eigenvalue weighted by atomic mass is 19.3. The van der Waals surface area contributed by atoms with E-state index >= 15 is 0 Å². The summed E-state index contributed by atoms with van der Waals surface area (Å²) >= 11 is 0. The molecule has 2 aromatic heterocycles. The van der Waals surface area contributed by atoms with Crippen LogP contribution in [0.2, 0.25) is 0 Å². The minimum atomic E-state index is -2.83. The molecular formula is C30H40F2N10O3. The van der Waals surface area contributed by atoms with Gasteiger partial charge in [0.15, 0.2) is 5.82 Å². The maximum absolute atomic E-state index is 14.3. The van der Waals surface area contributed by atoms with Crippen molar-refractivity contribution in [3.8, 4) is 5.82 Å². The predicted molar refractivity (Wildman–Crippen MR) is 166 cm³/mol. The van der Waals surface area contributed by atoms with Crippen molar-refractivity contribution in [2.24, 2.45) is 11.0 Å². The first-order chi connectivity index (χ1) is 21.5. The first kappa shape index (κ1) is 32.2. The Hall–Kier alpha value is -4.23. The molecule has 13 nitrogen and oxygen atoms in total. The number of ether oxygens (including phenoxy) is 2. The number of alkyl halides is 2. The third-order valence-electron chi connectivity index (χ3n) is 7.83. The lowest BCUT2D eigenvalue weighted by Gasteiger charge is -2.37. The molecule has 2 N–H and O–H groups in total. The van der Waals surface area contributed by atoms with E-state index in [1.807, 2.05) is 32.6 Å². The van der Waals surface area contributed by atoms with Crippen LogP contribution in [0.5, 0.6) is 0 Å². The summed E-state index contributed by atoms with van der Waals surface area (Å²) in [7, 11) is 0. The number of imidazole rings is 1. The Labute approximate surface area is 260 Å². The Balaban J connectivity index is 1.38. The van der Waals surface area contributed by atoms with Crippen molar-refractivity contribution < 1.29 is 23.0 Å². The number of halogens is 2. The van der Waals surface area contributed by atoms with Gasteiger partial charge in [0.25, 0.3) is 6.43 Å². The van der Waals surface area contributed by atoms with Gasteiger partial charge < -0.3 is 25.0 Å². The molecule has 0 radical (unpaired) electrons. The zero-order chi connectivity index (χ0) is 32.1. The highest BCUT2D eigenvalue weighted by Gasteiger charge is 2.29. The van der Waals surface area contributed by atoms with E-state index in [1.54, 1.807) is 30.3 Å². The molecule has 2 fully saturated rings. The summed E-state index contributed by atoms with van der Waals surface area (Å²) in [5, 5.41) is 10.00. The largest absolute Gasteiger partial charge is 0.444 e. The van der Waals surface area contributed by atoms with Crippen molar-refractivity contribution >= 4 is 28.9 Å². The lowest BCUT2D eigenvalue weighted by molar-refractivity contribution is -0.0106. The Morgan fingerprint density at radius 2 is 1.89 bits per heavy atom. The molecular weight excluding hydrogens is 586 g/mol. The minimum absolute atomic E-state index is 0.0474. The van der Waals surface area contributed by atoms with Crippen LogP contribution in [0.1, 0.15) is 65.6 Å². The maximum atomic E-state index is 14.3. The third-order valence-corrected chi connectivity index (χ3v) is 7.83. The first-order valence-corrected chi connectivity index (χ1v) is 15.3. The standard InChI is InChI=1S/C30H40F2N10O3/c1-18-16-41(17-21(44-18)15-35-40-33)24-13-25(42-23-8-6-5-7-22(23)37-27(42)26(31)32)39-28(38-24)34-14-19-9-11-20(12-10-19)36-29(43)45-30(2,3)4/h5-8,13,18-21,26H,9-12,14-17H2,1-4H3,(H,36,43)(H,34,38,39)/t18-,19-,20-,21+/m1/s1. The number of carbonyl (C=O) groups is 1. The summed E-state index contributed by atoms with van der Waals surface area (Å²) in [6, 6.07) is 8.68. The first-order valence-electron chi connectivity index (χ1n) is 15.3. The number of anilines is 2. The number of amides is 1. The van der Waals surface area contributed by atoms with Crippen LogP contribution in [0.3, 0.4) is 0 Å². The molecule has 1 amide bonds. The molecule has 0 unspecified atom stereocenters. The van der Waals surface area contributed by atoms with E-state index in [2.05, 4.69) is 25.6 Å². The number of para-hydroxylation sites is 2. The number of nitrogens with zero attached hydrogens (tertiary/aromatic N) is 8. The van der Waals surface area contributed by atoms with Gasteiger partial charge in [-0.15, -0.1) is 0 Å². The second-order valence-corrected chi connectivity index (χ2v) is 12.6. The molecule has 1 aliphatic carbocycles. The number of aromatic nitrogens is 4. The van der Waals surface area contributed by atoms with Crippen molar-refractivity contribution in [1.29, 1.82) is 0 Å². The van der Waals surface area contributed by atoms with Gasteiger partial charge in [0.1, 0.15) is 17.2 Å². The average molecular weight is 627 g/mol. The quantitative estimate of drug-likeness (QED) is 0.163.